The van der Waals surface area contributed by atoms with E-state index in [-0.39, 0.29) is 5.88 Å². The summed E-state index contributed by atoms with van der Waals surface area (Å²) in [6.07, 6.45) is 0. The number of aryl methyl sites for hydroxylation is 1. The fraction of sp³-hybridized carbons (Fsp3) is 0.222. The molecular weight excluding hydrogens is 232 g/mol. The molecule has 2 aromatic heterocycles. The molecule has 0 saturated carbocycles. The van der Waals surface area contributed by atoms with E-state index in [1.807, 2.05) is 19.1 Å². The van der Waals surface area contributed by atoms with Crippen molar-refractivity contribution < 1.29 is 0 Å². The molecule has 0 spiro atoms. The normalized spacial score (nSPS) is 10.8. The predicted octanol–water partition coefficient (Wildman–Crippen LogP) is 1.41. The first kappa shape index (κ1) is 10.3. The van der Waals surface area contributed by atoms with Crippen LogP contribution in [0.3, 0.4) is 0 Å². The molecule has 2 N–H and O–H groups in total. The van der Waals surface area contributed by atoms with Gasteiger partial charge in [0, 0.05) is 5.69 Å². The van der Waals surface area contributed by atoms with Gasteiger partial charge in [0.15, 0.2) is 11.5 Å². The van der Waals surface area contributed by atoms with Crippen molar-refractivity contribution in [2.24, 2.45) is 5.73 Å². The Bertz CT molecular complexity index is 534. The Morgan fingerprint density at radius 2 is 2.33 bits per heavy atom. The average molecular weight is 241 g/mol. The number of thiocarbonyl (C=S) groups is 1. The van der Waals surface area contributed by atoms with Gasteiger partial charge in [0.2, 0.25) is 0 Å². The second-order valence-corrected chi connectivity index (χ2v) is 3.86. The van der Waals surface area contributed by atoms with Crippen molar-refractivity contribution in [3.8, 4) is 0 Å². The van der Waals surface area contributed by atoms with Gasteiger partial charge in [0.05, 0.1) is 11.4 Å². The Kier molecular flexibility index (Phi) is 2.58. The van der Waals surface area contributed by atoms with E-state index in [9.17, 15) is 0 Å². The zero-order valence-electron chi connectivity index (χ0n) is 8.07. The molecule has 0 aliphatic carbocycles. The molecule has 0 aliphatic rings. The van der Waals surface area contributed by atoms with Gasteiger partial charge in [0.1, 0.15) is 4.99 Å². The molecule has 2 heterocycles. The summed E-state index contributed by atoms with van der Waals surface area (Å²) in [6, 6.07) is 3.74. The Hall–Kier alpha value is -1.20. The summed E-state index contributed by atoms with van der Waals surface area (Å²) in [5.41, 5.74) is 7.95. The molecule has 0 radical (unpaired) electrons. The van der Waals surface area contributed by atoms with Gasteiger partial charge in [-0.05, 0) is 19.1 Å². The van der Waals surface area contributed by atoms with Crippen LogP contribution in [-0.4, -0.2) is 19.6 Å². The molecule has 15 heavy (non-hydrogen) atoms. The van der Waals surface area contributed by atoms with Crippen molar-refractivity contribution in [2.75, 3.05) is 0 Å². The number of fused-ring (bicyclic) bond motifs is 1. The first-order chi connectivity index (χ1) is 7.13. The highest BCUT2D eigenvalue weighted by molar-refractivity contribution is 7.80. The summed E-state index contributed by atoms with van der Waals surface area (Å²) >= 11 is 10.6. The van der Waals surface area contributed by atoms with Crippen molar-refractivity contribution in [2.45, 2.75) is 12.8 Å². The average Bonchev–Trinajstić information content (AvgIpc) is 2.62. The summed E-state index contributed by atoms with van der Waals surface area (Å²) in [4.78, 5) is 4.58. The largest absolute Gasteiger partial charge is 0.389 e. The third-order valence-electron chi connectivity index (χ3n) is 2.10. The Labute approximate surface area is 97.1 Å². The molecule has 78 valence electrons. The highest BCUT2D eigenvalue weighted by Gasteiger charge is 2.10. The lowest BCUT2D eigenvalue weighted by molar-refractivity contribution is 0.886. The van der Waals surface area contributed by atoms with Gasteiger partial charge in [-0.1, -0.05) is 12.2 Å². The quantitative estimate of drug-likeness (QED) is 0.637. The molecule has 4 nitrogen and oxygen atoms in total. The van der Waals surface area contributed by atoms with Crippen LogP contribution in [0.4, 0.5) is 0 Å². The lowest BCUT2D eigenvalue weighted by atomic mass is 10.2. The number of aromatic nitrogens is 3. The number of halogens is 1. The van der Waals surface area contributed by atoms with Gasteiger partial charge in [-0.2, -0.15) is 0 Å². The summed E-state index contributed by atoms with van der Waals surface area (Å²) in [5, 5.41) is 4.23. The van der Waals surface area contributed by atoms with E-state index in [1.165, 1.54) is 0 Å². The fourth-order valence-corrected chi connectivity index (χ4v) is 1.65. The topological polar surface area (TPSA) is 56.2 Å². The van der Waals surface area contributed by atoms with Crippen LogP contribution in [0.2, 0.25) is 0 Å². The van der Waals surface area contributed by atoms with Crippen LogP contribution in [0.5, 0.6) is 0 Å². The maximum Gasteiger partial charge on any atom is 0.166 e. The number of hydrogen-bond acceptors (Lipinski definition) is 3. The van der Waals surface area contributed by atoms with E-state index in [1.54, 1.807) is 4.52 Å². The van der Waals surface area contributed by atoms with E-state index in [2.05, 4.69) is 10.1 Å². The summed E-state index contributed by atoms with van der Waals surface area (Å²) < 4.78 is 1.70. The molecule has 0 saturated heterocycles. The number of nitrogens with two attached hydrogens (primary N) is 1. The lowest BCUT2D eigenvalue weighted by Crippen LogP contribution is -2.12. The summed E-state index contributed by atoms with van der Waals surface area (Å²) in [5.74, 6) is 0.848. The first-order valence-corrected chi connectivity index (χ1v) is 5.29. The van der Waals surface area contributed by atoms with Crippen LogP contribution in [0.25, 0.3) is 5.65 Å². The molecule has 0 bridgehead atoms. The van der Waals surface area contributed by atoms with Crippen LogP contribution in [0, 0.1) is 6.92 Å². The summed E-state index contributed by atoms with van der Waals surface area (Å²) in [6.45, 7) is 1.93. The maximum atomic E-state index is 5.68. The van der Waals surface area contributed by atoms with Gasteiger partial charge in [-0.3, -0.25) is 0 Å². The van der Waals surface area contributed by atoms with Crippen LogP contribution >= 0.6 is 23.8 Å². The summed E-state index contributed by atoms with van der Waals surface area (Å²) in [7, 11) is 0. The zero-order valence-corrected chi connectivity index (χ0v) is 9.64. The Morgan fingerprint density at radius 1 is 1.60 bits per heavy atom. The van der Waals surface area contributed by atoms with Crippen molar-refractivity contribution in [3.63, 3.8) is 0 Å². The third-order valence-corrected chi connectivity index (χ3v) is 2.56. The van der Waals surface area contributed by atoms with E-state index in [0.29, 0.717) is 16.5 Å². The number of pyridine rings is 1. The molecule has 2 rings (SSSR count). The SMILES string of the molecule is Cc1ccc(C(N)=S)c2nc(CCl)nn12. The van der Waals surface area contributed by atoms with Gasteiger partial charge in [-0.15, -0.1) is 16.7 Å². The minimum absolute atomic E-state index is 0.276. The van der Waals surface area contributed by atoms with Crippen LogP contribution in [0.1, 0.15) is 17.1 Å². The molecule has 2 aromatic rings. The monoisotopic (exact) mass is 240 g/mol. The number of nitrogens with zero attached hydrogens (tertiary/aromatic N) is 3. The van der Waals surface area contributed by atoms with Crippen LogP contribution < -0.4 is 5.73 Å². The van der Waals surface area contributed by atoms with E-state index in [4.69, 9.17) is 29.6 Å². The third kappa shape index (κ3) is 1.68. The number of hydrogen-bond donors (Lipinski definition) is 1. The predicted molar refractivity (Wildman–Crippen MR) is 63.2 cm³/mol. The molecule has 0 aliphatic heterocycles. The highest BCUT2D eigenvalue weighted by Crippen LogP contribution is 2.12. The standard InChI is InChI=1S/C9H9ClN4S/c1-5-2-3-6(8(11)15)9-12-7(4-10)13-14(5)9/h2-3H,4H2,1H3,(H2,11,15). The van der Waals surface area contributed by atoms with Crippen molar-refractivity contribution in [1.82, 2.24) is 14.6 Å². The maximum absolute atomic E-state index is 5.68. The van der Waals surface area contributed by atoms with Gasteiger partial charge >= 0.3 is 0 Å². The zero-order chi connectivity index (χ0) is 11.0. The minimum atomic E-state index is 0.276. The Morgan fingerprint density at radius 3 is 2.93 bits per heavy atom. The molecule has 0 aromatic carbocycles. The first-order valence-electron chi connectivity index (χ1n) is 4.34. The second kappa shape index (κ2) is 3.75. The fourth-order valence-electron chi connectivity index (χ4n) is 1.37. The van der Waals surface area contributed by atoms with Crippen molar-refractivity contribution >= 4 is 34.5 Å². The van der Waals surface area contributed by atoms with Crippen molar-refractivity contribution in [1.29, 1.82) is 0 Å². The molecular formula is C9H9ClN4S. The number of alkyl halides is 1. The van der Waals surface area contributed by atoms with E-state index >= 15 is 0 Å². The number of rotatable bonds is 2. The van der Waals surface area contributed by atoms with E-state index < -0.39 is 0 Å². The van der Waals surface area contributed by atoms with Gasteiger partial charge in [0.25, 0.3) is 0 Å². The lowest BCUT2D eigenvalue weighted by Gasteiger charge is -2.02. The van der Waals surface area contributed by atoms with Crippen molar-refractivity contribution in [3.05, 3.63) is 29.2 Å². The molecule has 0 unspecified atom stereocenters. The highest BCUT2D eigenvalue weighted by atomic mass is 35.5. The minimum Gasteiger partial charge on any atom is -0.389 e. The molecule has 0 fully saturated rings. The van der Waals surface area contributed by atoms with Crippen LogP contribution in [0.15, 0.2) is 12.1 Å². The molecule has 0 atom stereocenters. The van der Waals surface area contributed by atoms with Gasteiger partial charge < -0.3 is 5.73 Å². The van der Waals surface area contributed by atoms with Crippen LogP contribution in [-0.2, 0) is 5.88 Å². The molecule has 0 amide bonds. The second-order valence-electron chi connectivity index (χ2n) is 3.15. The smallest absolute Gasteiger partial charge is 0.166 e. The molecule has 6 heteroatoms. The van der Waals surface area contributed by atoms with E-state index in [0.717, 1.165) is 11.3 Å². The van der Waals surface area contributed by atoms with Gasteiger partial charge in [-0.25, -0.2) is 9.50 Å². The Balaban J connectivity index is 2.80.